The monoisotopic (exact) mass is 793 g/mol. The van der Waals surface area contributed by atoms with Crippen molar-refractivity contribution < 1.29 is 29.3 Å². The third kappa shape index (κ3) is 7.96. The molecule has 0 atom stereocenters. The Balaban J connectivity index is 0.961. The number of para-hydroxylation sites is 1. The van der Waals surface area contributed by atoms with Crippen LogP contribution in [0.5, 0.6) is 0 Å². The van der Waals surface area contributed by atoms with Crippen molar-refractivity contribution in [1.82, 2.24) is 4.90 Å². The molecule has 0 saturated carbocycles. The second-order valence-electron chi connectivity index (χ2n) is 15.2. The number of ether oxygens (including phenoxy) is 1. The minimum absolute atomic E-state index is 0.0573. The Kier molecular flexibility index (Phi) is 11.7. The van der Waals surface area contributed by atoms with Crippen molar-refractivity contribution >= 4 is 69.3 Å². The van der Waals surface area contributed by atoms with Crippen LogP contribution < -0.4 is 9.80 Å². The number of hydrogen-bond acceptors (Lipinski definition) is 10. The molecule has 2 aliphatic carbocycles. The Morgan fingerprint density at radius 3 is 2.36 bits per heavy atom. The second kappa shape index (κ2) is 16.9. The molecule has 0 unspecified atom stereocenters. The molecule has 1 aromatic heterocycles. The van der Waals surface area contributed by atoms with Crippen LogP contribution in [0.4, 0.5) is 11.4 Å². The summed E-state index contributed by atoms with van der Waals surface area (Å²) in [7, 11) is 2.01. The molecule has 11 heteroatoms. The van der Waals surface area contributed by atoms with E-state index in [0.717, 1.165) is 28.2 Å². The van der Waals surface area contributed by atoms with Crippen LogP contribution in [0.15, 0.2) is 131 Å². The SMILES string of the molecule is CCN(CC)C1=CC(=O)C(=C2C(=O)C(C=C3N(CCOC(=O)CCCN(C)c4ccc(/C=C/c5bc6ccccc6s5)cc4)c4ccccc4C3(C)C)=C2O)C(O)=C1. The molecule has 0 bridgehead atoms. The van der Waals surface area contributed by atoms with Gasteiger partial charge in [0.25, 0.3) is 0 Å². The Labute approximate surface area is 344 Å². The molecule has 0 amide bonds. The molecule has 1 aliphatic heterocycles. The van der Waals surface area contributed by atoms with Crippen molar-refractivity contribution in [1.29, 1.82) is 0 Å². The average Bonchev–Trinajstić information content (AvgIpc) is 3.73. The second-order valence-corrected chi connectivity index (χ2v) is 16.3. The number of carbonyl (C=O) groups excluding carboxylic acids is 3. The molecule has 0 radical (unpaired) electrons. The van der Waals surface area contributed by atoms with Crippen molar-refractivity contribution in [3.63, 3.8) is 0 Å². The molecule has 58 heavy (non-hydrogen) atoms. The fraction of sp³-hybridized carbons (Fsp3) is 0.277. The van der Waals surface area contributed by atoms with E-state index in [1.165, 1.54) is 26.9 Å². The smallest absolute Gasteiger partial charge is 0.138 e. The fourth-order valence-corrected chi connectivity index (χ4v) is 8.86. The van der Waals surface area contributed by atoms with E-state index in [9.17, 15) is 24.6 Å². The van der Waals surface area contributed by atoms with Crippen LogP contribution in [0.25, 0.3) is 22.1 Å². The van der Waals surface area contributed by atoms with E-state index in [1.54, 1.807) is 17.4 Å². The number of aliphatic hydroxyl groups excluding tert-OH is 2. The number of nitrogens with zero attached hydrogens (tertiary/aromatic N) is 3. The first kappa shape index (κ1) is 40.3. The van der Waals surface area contributed by atoms with Gasteiger partial charge in [-0.3, -0.25) is 14.4 Å². The number of rotatable bonds is 14. The summed E-state index contributed by atoms with van der Waals surface area (Å²) in [6.07, 6.45) is 9.66. The van der Waals surface area contributed by atoms with Crippen molar-refractivity contribution in [2.24, 2.45) is 0 Å². The van der Waals surface area contributed by atoms with Gasteiger partial charge in [0.1, 0.15) is 18.1 Å². The number of esters is 1. The zero-order valence-electron chi connectivity index (χ0n) is 33.6. The van der Waals surface area contributed by atoms with Gasteiger partial charge in [0.05, 0.1) is 23.3 Å². The van der Waals surface area contributed by atoms with E-state index < -0.39 is 17.0 Å². The first-order chi connectivity index (χ1) is 27.9. The summed E-state index contributed by atoms with van der Waals surface area (Å²) < 4.78 is 8.22. The van der Waals surface area contributed by atoms with E-state index in [4.69, 9.17) is 4.74 Å². The van der Waals surface area contributed by atoms with Crippen molar-refractivity contribution in [3.8, 4) is 0 Å². The maximum absolute atomic E-state index is 13.6. The first-order valence-electron chi connectivity index (χ1n) is 19.8. The molecule has 4 aromatic rings. The zero-order chi connectivity index (χ0) is 41.1. The molecule has 9 nitrogen and oxygen atoms in total. The molecule has 3 aromatic carbocycles. The number of likely N-dealkylation sites (N-methyl/N-ethyl adjacent to an activating group) is 1. The summed E-state index contributed by atoms with van der Waals surface area (Å²) in [6.45, 7) is 12.6. The number of Topliss-reactive ketones (excluding diaryl/α,β-unsaturated/α-hetero) is 1. The topological polar surface area (TPSA) is 111 Å². The third-order valence-electron chi connectivity index (χ3n) is 11.2. The standard InChI is InChI=1S/C47H48BN3O6S/c1-6-50(7-2)32-27-37(52)43(38(53)28-32)44-45(55)33(46(44)56)29-40-47(3,4)34-13-8-10-15-36(34)51(40)25-26-57-42(54)17-12-24-49(5)31-21-18-30(19-22-31)20-23-41-48-35-14-9-11-16-39(35)58-41/h8-11,13-16,18-23,27-29,52,55H,6-7,12,17,24-26H2,1-5H3/b23-20+,40-29?,44-43?. The summed E-state index contributed by atoms with van der Waals surface area (Å²) >= 11 is 1.78. The molecule has 296 valence electrons. The third-order valence-corrected chi connectivity index (χ3v) is 12.2. The largest absolute Gasteiger partial charge is 0.507 e. The fourth-order valence-electron chi connectivity index (χ4n) is 7.89. The maximum Gasteiger partial charge on any atom is 0.138 e. The van der Waals surface area contributed by atoms with Gasteiger partial charge in [-0.1, -0.05) is 32.0 Å². The van der Waals surface area contributed by atoms with Gasteiger partial charge in [0.15, 0.2) is 5.78 Å². The summed E-state index contributed by atoms with van der Waals surface area (Å²) in [5, 5.41) is 23.3. The van der Waals surface area contributed by atoms with Crippen molar-refractivity contribution in [2.75, 3.05) is 49.6 Å². The predicted octanol–water partition coefficient (Wildman–Crippen LogP) is 8.79. The molecule has 0 fully saturated rings. The van der Waals surface area contributed by atoms with Gasteiger partial charge in [-0.05, 0) is 31.6 Å². The van der Waals surface area contributed by atoms with Crippen LogP contribution in [0.1, 0.15) is 56.4 Å². The summed E-state index contributed by atoms with van der Waals surface area (Å²) in [4.78, 5) is 45.7. The van der Waals surface area contributed by atoms with Gasteiger partial charge in [0, 0.05) is 47.7 Å². The van der Waals surface area contributed by atoms with Gasteiger partial charge < -0.3 is 24.7 Å². The number of benzene rings is 3. The number of hydrogen-bond donors (Lipinski definition) is 2. The zero-order valence-corrected chi connectivity index (χ0v) is 34.4. The van der Waals surface area contributed by atoms with Crippen LogP contribution in [0.3, 0.4) is 0 Å². The van der Waals surface area contributed by atoms with E-state index >= 15 is 0 Å². The van der Waals surface area contributed by atoms with Gasteiger partial charge in [-0.15, -0.1) is 0 Å². The number of aliphatic hydroxyl groups is 2. The number of allylic oxidation sites excluding steroid dienone is 7. The molecule has 0 spiro atoms. The average molecular weight is 794 g/mol. The van der Waals surface area contributed by atoms with Crippen LogP contribution >= 0.6 is 11.3 Å². The van der Waals surface area contributed by atoms with Crippen LogP contribution in [-0.2, 0) is 24.5 Å². The Morgan fingerprint density at radius 2 is 1.66 bits per heavy atom. The number of fused-ring (bicyclic) bond motifs is 2. The predicted molar refractivity (Wildman–Crippen MR) is 235 cm³/mol. The number of anilines is 2. The Morgan fingerprint density at radius 1 is 0.931 bits per heavy atom. The first-order valence-corrected chi connectivity index (χ1v) is 20.6. The van der Waals surface area contributed by atoms with Crippen LogP contribution in [-0.4, -0.2) is 79.4 Å². The van der Waals surface area contributed by atoms with Crippen molar-refractivity contribution in [3.05, 3.63) is 147 Å². The molecular weight excluding hydrogens is 745 g/mol. The van der Waals surface area contributed by atoms with Crippen molar-refractivity contribution in [2.45, 2.75) is 46.0 Å². The molecule has 2 N–H and O–H groups in total. The van der Waals surface area contributed by atoms with Gasteiger partial charge in [-0.25, -0.2) is 0 Å². The maximum atomic E-state index is 13.6. The minimum atomic E-state index is -0.556. The minimum Gasteiger partial charge on any atom is -0.507 e. The van der Waals surface area contributed by atoms with Gasteiger partial charge >= 0.3 is 142 Å². The van der Waals surface area contributed by atoms with Crippen LogP contribution in [0, 0.1) is 0 Å². The van der Waals surface area contributed by atoms with Crippen LogP contribution in [0.2, 0.25) is 0 Å². The van der Waals surface area contributed by atoms with E-state index in [2.05, 4.69) is 72.5 Å². The number of carbonyl (C=O) groups is 3. The molecule has 7 rings (SSSR count). The van der Waals surface area contributed by atoms with Gasteiger partial charge in [-0.2, -0.15) is 0 Å². The summed E-state index contributed by atoms with van der Waals surface area (Å²) in [5.41, 5.74) is 4.53. The Hall–Kier alpha value is -5.94. The molecular formula is C47H48BN3O6S. The Bertz CT molecular complexity index is 2430. The summed E-state index contributed by atoms with van der Waals surface area (Å²) in [5.74, 6) is -2.03. The van der Waals surface area contributed by atoms with Gasteiger partial charge in [0.2, 0.25) is 5.78 Å². The van der Waals surface area contributed by atoms with E-state index in [0.29, 0.717) is 38.3 Å². The number of ketones is 2. The van der Waals surface area contributed by atoms with E-state index in [-0.39, 0.29) is 47.2 Å². The summed E-state index contributed by atoms with van der Waals surface area (Å²) in [6, 6.07) is 24.7. The quantitative estimate of drug-likeness (QED) is 0.0957. The van der Waals surface area contributed by atoms with E-state index in [1.807, 2.05) is 68.8 Å². The normalized spacial score (nSPS) is 18.1. The molecule has 3 aliphatic rings. The molecule has 2 heterocycles. The molecule has 0 saturated heterocycles.